The van der Waals surface area contributed by atoms with E-state index in [4.69, 9.17) is 9.47 Å². The van der Waals surface area contributed by atoms with Crippen molar-refractivity contribution in [2.24, 2.45) is 11.8 Å². The Hall–Kier alpha value is -2.63. The molecule has 1 aliphatic carbocycles. The van der Waals surface area contributed by atoms with E-state index in [1.165, 1.54) is 12.1 Å². The van der Waals surface area contributed by atoms with E-state index in [0.717, 1.165) is 25.1 Å². The van der Waals surface area contributed by atoms with Crippen LogP contribution in [0.3, 0.4) is 0 Å². The van der Waals surface area contributed by atoms with Crippen LogP contribution in [0.2, 0.25) is 0 Å². The molecule has 1 aromatic heterocycles. The summed E-state index contributed by atoms with van der Waals surface area (Å²) < 4.78 is 25.1. The highest BCUT2D eigenvalue weighted by atomic mass is 19.1. The standard InChI is InChI=1S/C22H25FN2O3/c1-22(2,28-17-8-6-16(23)7-9-17)21(26)25-13-15-5-10-20(19(15)14-25)27-18-4-3-11-24-12-18/h3-4,6-9,11-12,15,19-20H,5,10,13-14H2,1-2H3/t15-,19+,20+/m1/s1. The van der Waals surface area contributed by atoms with Crippen molar-refractivity contribution in [3.63, 3.8) is 0 Å². The molecule has 5 nitrogen and oxygen atoms in total. The predicted molar refractivity (Wildman–Crippen MR) is 103 cm³/mol. The molecule has 2 aromatic rings. The lowest BCUT2D eigenvalue weighted by Crippen LogP contribution is -2.48. The molecule has 2 fully saturated rings. The fourth-order valence-electron chi connectivity index (χ4n) is 4.34. The van der Waals surface area contributed by atoms with Crippen LogP contribution in [0.4, 0.5) is 4.39 Å². The van der Waals surface area contributed by atoms with Gasteiger partial charge in [0.25, 0.3) is 5.91 Å². The molecule has 0 spiro atoms. The first-order valence-electron chi connectivity index (χ1n) is 9.73. The SMILES string of the molecule is CC(C)(Oc1ccc(F)cc1)C(=O)N1C[C@H]2CC[C@H](Oc3cccnc3)[C@H]2C1. The number of pyridine rings is 1. The summed E-state index contributed by atoms with van der Waals surface area (Å²) in [7, 11) is 0. The highest BCUT2D eigenvalue weighted by Crippen LogP contribution is 2.41. The second kappa shape index (κ2) is 7.41. The Bertz CT molecular complexity index is 825. The van der Waals surface area contributed by atoms with Crippen LogP contribution < -0.4 is 9.47 Å². The summed E-state index contributed by atoms with van der Waals surface area (Å²) in [5.41, 5.74) is -1.02. The zero-order valence-corrected chi connectivity index (χ0v) is 16.2. The molecule has 0 N–H and O–H groups in total. The second-order valence-electron chi connectivity index (χ2n) is 8.12. The van der Waals surface area contributed by atoms with Crippen molar-refractivity contribution in [3.05, 3.63) is 54.6 Å². The number of likely N-dealkylation sites (tertiary alicyclic amines) is 1. The minimum atomic E-state index is -1.02. The molecule has 2 heterocycles. The van der Waals surface area contributed by atoms with Gasteiger partial charge in [-0.05, 0) is 69.0 Å². The highest BCUT2D eigenvalue weighted by Gasteiger charge is 2.48. The molecule has 0 radical (unpaired) electrons. The van der Waals surface area contributed by atoms with Gasteiger partial charge in [0.1, 0.15) is 23.4 Å². The lowest BCUT2D eigenvalue weighted by atomic mass is 9.99. The molecule has 1 aliphatic heterocycles. The topological polar surface area (TPSA) is 51.7 Å². The van der Waals surface area contributed by atoms with Crippen molar-refractivity contribution < 1.29 is 18.7 Å². The zero-order chi connectivity index (χ0) is 19.7. The first-order valence-corrected chi connectivity index (χ1v) is 9.73. The summed E-state index contributed by atoms with van der Waals surface area (Å²) in [4.78, 5) is 19.1. The van der Waals surface area contributed by atoms with Crippen molar-refractivity contribution >= 4 is 5.91 Å². The third-order valence-electron chi connectivity index (χ3n) is 5.70. The fraction of sp³-hybridized carbons (Fsp3) is 0.455. The van der Waals surface area contributed by atoms with Gasteiger partial charge in [-0.3, -0.25) is 9.78 Å². The molecule has 2 aliphatic rings. The number of carbonyl (C=O) groups is 1. The van der Waals surface area contributed by atoms with Gasteiger partial charge in [-0.2, -0.15) is 0 Å². The normalized spacial score (nSPS) is 24.1. The van der Waals surface area contributed by atoms with Crippen molar-refractivity contribution in [2.45, 2.75) is 38.4 Å². The van der Waals surface area contributed by atoms with E-state index in [-0.39, 0.29) is 17.8 Å². The zero-order valence-electron chi connectivity index (χ0n) is 16.2. The molecular formula is C22H25FN2O3. The summed E-state index contributed by atoms with van der Waals surface area (Å²) in [6, 6.07) is 9.52. The number of halogens is 1. The van der Waals surface area contributed by atoms with Gasteiger partial charge >= 0.3 is 0 Å². The monoisotopic (exact) mass is 384 g/mol. The number of nitrogens with zero attached hydrogens (tertiary/aromatic N) is 2. The molecule has 0 bridgehead atoms. The molecule has 1 aromatic carbocycles. The molecule has 0 unspecified atom stereocenters. The van der Waals surface area contributed by atoms with Crippen molar-refractivity contribution in [1.29, 1.82) is 0 Å². The minimum Gasteiger partial charge on any atom is -0.488 e. The molecule has 6 heteroatoms. The summed E-state index contributed by atoms with van der Waals surface area (Å²) in [6.07, 6.45) is 5.61. The van der Waals surface area contributed by atoms with E-state index in [1.807, 2.05) is 17.0 Å². The smallest absolute Gasteiger partial charge is 0.266 e. The van der Waals surface area contributed by atoms with Crippen LogP contribution in [0.1, 0.15) is 26.7 Å². The molecule has 4 rings (SSSR count). The first kappa shape index (κ1) is 18.7. The van der Waals surface area contributed by atoms with Crippen LogP contribution >= 0.6 is 0 Å². The van der Waals surface area contributed by atoms with Gasteiger partial charge in [0.2, 0.25) is 0 Å². The van der Waals surface area contributed by atoms with E-state index >= 15 is 0 Å². The molecule has 1 saturated carbocycles. The van der Waals surface area contributed by atoms with Crippen LogP contribution in [0.25, 0.3) is 0 Å². The maximum atomic E-state index is 13.1. The van der Waals surface area contributed by atoms with Crippen LogP contribution in [-0.2, 0) is 4.79 Å². The van der Waals surface area contributed by atoms with Gasteiger partial charge in [-0.15, -0.1) is 0 Å². The third kappa shape index (κ3) is 3.81. The molecule has 1 saturated heterocycles. The van der Waals surface area contributed by atoms with Crippen LogP contribution in [0.5, 0.6) is 11.5 Å². The maximum absolute atomic E-state index is 13.1. The fourth-order valence-corrected chi connectivity index (χ4v) is 4.34. The Labute approximate surface area is 164 Å². The number of amides is 1. The summed E-state index contributed by atoms with van der Waals surface area (Å²) in [6.45, 7) is 4.92. The number of benzene rings is 1. The first-order chi connectivity index (χ1) is 13.4. The number of carbonyl (C=O) groups excluding carboxylic acids is 1. The third-order valence-corrected chi connectivity index (χ3v) is 5.70. The van der Waals surface area contributed by atoms with Gasteiger partial charge < -0.3 is 14.4 Å². The lowest BCUT2D eigenvalue weighted by molar-refractivity contribution is -0.144. The van der Waals surface area contributed by atoms with Gasteiger partial charge in [0.05, 0.1) is 6.20 Å². The average molecular weight is 384 g/mol. The van der Waals surface area contributed by atoms with Crippen LogP contribution in [0, 0.1) is 17.7 Å². The Morgan fingerprint density at radius 1 is 1.14 bits per heavy atom. The average Bonchev–Trinajstić information content (AvgIpc) is 3.26. The van der Waals surface area contributed by atoms with Crippen molar-refractivity contribution in [3.8, 4) is 11.5 Å². The number of fused-ring (bicyclic) bond motifs is 1. The molecule has 3 atom stereocenters. The summed E-state index contributed by atoms with van der Waals surface area (Å²) in [5.74, 6) is 1.66. The van der Waals surface area contributed by atoms with Crippen LogP contribution in [0.15, 0.2) is 48.8 Å². The largest absolute Gasteiger partial charge is 0.488 e. The Balaban J connectivity index is 1.40. The summed E-state index contributed by atoms with van der Waals surface area (Å²) in [5, 5.41) is 0. The maximum Gasteiger partial charge on any atom is 0.266 e. The predicted octanol–water partition coefficient (Wildman–Crippen LogP) is 3.69. The van der Waals surface area contributed by atoms with E-state index in [2.05, 4.69) is 4.98 Å². The number of rotatable bonds is 5. The highest BCUT2D eigenvalue weighted by molar-refractivity contribution is 5.85. The van der Waals surface area contributed by atoms with Gasteiger partial charge in [0.15, 0.2) is 5.60 Å². The van der Waals surface area contributed by atoms with Crippen LogP contribution in [-0.4, -0.2) is 40.6 Å². The Kier molecular flexibility index (Phi) is 4.96. The number of hydrogen-bond donors (Lipinski definition) is 0. The van der Waals surface area contributed by atoms with Crippen molar-refractivity contribution in [1.82, 2.24) is 9.88 Å². The minimum absolute atomic E-state index is 0.0497. The van der Waals surface area contributed by atoms with E-state index in [9.17, 15) is 9.18 Å². The molecule has 1 amide bonds. The van der Waals surface area contributed by atoms with Gasteiger partial charge in [0, 0.05) is 25.2 Å². The van der Waals surface area contributed by atoms with Crippen molar-refractivity contribution in [2.75, 3.05) is 13.1 Å². The quantitative estimate of drug-likeness (QED) is 0.789. The molecule has 28 heavy (non-hydrogen) atoms. The number of ether oxygens (including phenoxy) is 2. The second-order valence-corrected chi connectivity index (χ2v) is 8.12. The Morgan fingerprint density at radius 2 is 1.93 bits per heavy atom. The van der Waals surface area contributed by atoms with Gasteiger partial charge in [-0.25, -0.2) is 4.39 Å². The molecular weight excluding hydrogens is 359 g/mol. The van der Waals surface area contributed by atoms with Gasteiger partial charge in [-0.1, -0.05) is 0 Å². The van der Waals surface area contributed by atoms with E-state index < -0.39 is 5.60 Å². The molecule has 148 valence electrons. The number of hydrogen-bond acceptors (Lipinski definition) is 4. The summed E-state index contributed by atoms with van der Waals surface area (Å²) >= 11 is 0. The number of aromatic nitrogens is 1. The lowest BCUT2D eigenvalue weighted by Gasteiger charge is -2.31. The van der Waals surface area contributed by atoms with E-state index in [1.54, 1.807) is 38.4 Å². The van der Waals surface area contributed by atoms with E-state index in [0.29, 0.717) is 24.1 Å². The Morgan fingerprint density at radius 3 is 2.64 bits per heavy atom.